The van der Waals surface area contributed by atoms with Crippen LogP contribution in [0.15, 0.2) is 23.3 Å². The van der Waals surface area contributed by atoms with Crippen molar-refractivity contribution in [2.75, 3.05) is 0 Å². The number of hydrogen-bond donors (Lipinski definition) is 1. The third-order valence-electron chi connectivity index (χ3n) is 3.60. The number of hydrogen-bond acceptors (Lipinski definition) is 2. The van der Waals surface area contributed by atoms with Crippen LogP contribution in [0.4, 0.5) is 0 Å². The molecule has 3 nitrogen and oxygen atoms in total. The van der Waals surface area contributed by atoms with Crippen LogP contribution in [-0.2, 0) is 9.59 Å². The van der Waals surface area contributed by atoms with Gasteiger partial charge in [0.05, 0.1) is 11.8 Å². The van der Waals surface area contributed by atoms with Gasteiger partial charge in [0.1, 0.15) is 0 Å². The molecule has 2 amide bonds. The molecule has 1 N–H and O–H groups in total. The second-order valence-corrected chi connectivity index (χ2v) is 5.19. The fourth-order valence-electron chi connectivity index (χ4n) is 2.61. The Labute approximate surface area is 102 Å². The lowest BCUT2D eigenvalue weighted by atomic mass is 9.78. The van der Waals surface area contributed by atoms with Gasteiger partial charge in [-0.15, -0.1) is 0 Å². The zero-order chi connectivity index (χ0) is 12.4. The molecule has 92 valence electrons. The number of carbonyl (C=O) groups is 2. The first-order valence-corrected chi connectivity index (χ1v) is 6.24. The number of fused-ring (bicyclic) bond motifs is 1. The lowest BCUT2D eigenvalue weighted by Gasteiger charge is -2.23. The molecule has 0 radical (unpaired) electrons. The third kappa shape index (κ3) is 2.65. The van der Waals surface area contributed by atoms with E-state index in [1.165, 1.54) is 11.1 Å². The van der Waals surface area contributed by atoms with Crippen LogP contribution < -0.4 is 5.32 Å². The molecule has 17 heavy (non-hydrogen) atoms. The first kappa shape index (κ1) is 12.1. The van der Waals surface area contributed by atoms with Gasteiger partial charge in [0.25, 0.3) is 0 Å². The summed E-state index contributed by atoms with van der Waals surface area (Å²) in [6.45, 7) is 4.16. The largest absolute Gasteiger partial charge is 0.296 e. The first-order chi connectivity index (χ1) is 8.08. The molecule has 2 rings (SSSR count). The summed E-state index contributed by atoms with van der Waals surface area (Å²) in [5.74, 6) is -0.312. The van der Waals surface area contributed by atoms with Crippen LogP contribution >= 0.6 is 0 Å². The van der Waals surface area contributed by atoms with Crippen LogP contribution in [0, 0.1) is 11.8 Å². The molecule has 1 aliphatic heterocycles. The van der Waals surface area contributed by atoms with E-state index in [4.69, 9.17) is 0 Å². The minimum atomic E-state index is -0.103. The highest BCUT2D eigenvalue weighted by Gasteiger charge is 2.43. The summed E-state index contributed by atoms with van der Waals surface area (Å²) in [5, 5.41) is 2.44. The van der Waals surface area contributed by atoms with Crippen LogP contribution in [0.25, 0.3) is 0 Å². The fraction of sp³-hybridized carbons (Fsp3) is 0.571. The molecule has 3 heteroatoms. The molecule has 2 aliphatic rings. The van der Waals surface area contributed by atoms with Gasteiger partial charge in [-0.25, -0.2) is 0 Å². The zero-order valence-corrected chi connectivity index (χ0v) is 10.5. The molecule has 0 aromatic carbocycles. The summed E-state index contributed by atoms with van der Waals surface area (Å²) in [5.41, 5.74) is 2.64. The molecule has 1 saturated carbocycles. The molecular formula is C14H19NO2. The molecule has 0 unspecified atom stereocenters. The van der Waals surface area contributed by atoms with Crippen molar-refractivity contribution in [3.05, 3.63) is 23.3 Å². The van der Waals surface area contributed by atoms with Crippen molar-refractivity contribution in [2.45, 2.75) is 39.5 Å². The summed E-state index contributed by atoms with van der Waals surface area (Å²) in [6, 6.07) is 0. The van der Waals surface area contributed by atoms with E-state index in [0.717, 1.165) is 25.7 Å². The predicted molar refractivity (Wildman–Crippen MR) is 66.1 cm³/mol. The van der Waals surface area contributed by atoms with Crippen LogP contribution in [-0.4, -0.2) is 11.8 Å². The highest BCUT2D eigenvalue weighted by molar-refractivity contribution is 6.05. The maximum absolute atomic E-state index is 11.6. The van der Waals surface area contributed by atoms with Gasteiger partial charge in [0.2, 0.25) is 11.8 Å². The van der Waals surface area contributed by atoms with E-state index in [2.05, 4.69) is 31.3 Å². The normalized spacial score (nSPS) is 30.1. The van der Waals surface area contributed by atoms with Gasteiger partial charge in [0, 0.05) is 0 Å². The van der Waals surface area contributed by atoms with Gasteiger partial charge >= 0.3 is 0 Å². The van der Waals surface area contributed by atoms with Crippen molar-refractivity contribution in [2.24, 2.45) is 11.8 Å². The van der Waals surface area contributed by atoms with Gasteiger partial charge in [-0.05, 0) is 39.5 Å². The summed E-state index contributed by atoms with van der Waals surface area (Å²) in [7, 11) is 0. The molecular weight excluding hydrogens is 214 g/mol. The Kier molecular flexibility index (Phi) is 3.46. The summed E-state index contributed by atoms with van der Waals surface area (Å²) in [6.07, 6.45) is 7.86. The minimum Gasteiger partial charge on any atom is -0.296 e. The van der Waals surface area contributed by atoms with Gasteiger partial charge in [-0.3, -0.25) is 14.9 Å². The number of imide groups is 1. The van der Waals surface area contributed by atoms with E-state index < -0.39 is 0 Å². The number of amides is 2. The average Bonchev–Trinajstić information content (AvgIpc) is 2.54. The second kappa shape index (κ2) is 4.86. The Morgan fingerprint density at radius 3 is 2.71 bits per heavy atom. The highest BCUT2D eigenvalue weighted by Crippen LogP contribution is 2.37. The van der Waals surface area contributed by atoms with Gasteiger partial charge < -0.3 is 0 Å². The van der Waals surface area contributed by atoms with E-state index in [1.807, 2.05) is 0 Å². The van der Waals surface area contributed by atoms with Crippen molar-refractivity contribution in [1.82, 2.24) is 5.32 Å². The summed E-state index contributed by atoms with van der Waals surface area (Å²) < 4.78 is 0. The number of allylic oxidation sites excluding steroid dienone is 4. The van der Waals surface area contributed by atoms with Crippen LogP contribution in [0.3, 0.4) is 0 Å². The Bertz CT molecular complexity index is 402. The molecule has 2 fully saturated rings. The predicted octanol–water partition coefficient (Wildman–Crippen LogP) is 2.34. The SMILES string of the molecule is CC(C)=CC/C=C1\CC[C@H]2C(=O)NC(=O)[C@@H]2C1. The Hall–Kier alpha value is -1.38. The molecule has 0 aromatic rings. The minimum absolute atomic E-state index is 0.0663. The molecule has 1 saturated heterocycles. The van der Waals surface area contributed by atoms with Crippen molar-refractivity contribution in [3.8, 4) is 0 Å². The lowest BCUT2D eigenvalue weighted by molar-refractivity contribution is -0.126. The molecule has 2 atom stereocenters. The first-order valence-electron chi connectivity index (χ1n) is 6.24. The van der Waals surface area contributed by atoms with E-state index in [9.17, 15) is 9.59 Å². The Morgan fingerprint density at radius 2 is 2.00 bits per heavy atom. The Morgan fingerprint density at radius 1 is 1.29 bits per heavy atom. The van der Waals surface area contributed by atoms with Crippen LogP contribution in [0.5, 0.6) is 0 Å². The standard InChI is InChI=1S/C14H19NO2/c1-9(2)4-3-5-10-6-7-11-12(8-10)14(17)15-13(11)16/h4-5,11-12H,3,6-8H2,1-2H3,(H,15,16,17)/b10-5+/t11-,12-/m1/s1. The Balaban J connectivity index is 2.00. The molecule has 1 heterocycles. The summed E-state index contributed by atoms with van der Waals surface area (Å²) >= 11 is 0. The van der Waals surface area contributed by atoms with E-state index in [1.54, 1.807) is 0 Å². The van der Waals surface area contributed by atoms with Crippen molar-refractivity contribution >= 4 is 11.8 Å². The second-order valence-electron chi connectivity index (χ2n) is 5.19. The van der Waals surface area contributed by atoms with Crippen molar-refractivity contribution < 1.29 is 9.59 Å². The number of rotatable bonds is 2. The zero-order valence-electron chi connectivity index (χ0n) is 10.5. The quantitative estimate of drug-likeness (QED) is 0.588. The van der Waals surface area contributed by atoms with Gasteiger partial charge in [-0.1, -0.05) is 23.3 Å². The van der Waals surface area contributed by atoms with E-state index in [-0.39, 0.29) is 23.7 Å². The maximum Gasteiger partial charge on any atom is 0.230 e. The smallest absolute Gasteiger partial charge is 0.230 e. The molecule has 1 aliphatic carbocycles. The van der Waals surface area contributed by atoms with Crippen LogP contribution in [0.1, 0.15) is 39.5 Å². The molecule has 0 aromatic heterocycles. The third-order valence-corrected chi connectivity index (χ3v) is 3.60. The lowest BCUT2D eigenvalue weighted by Crippen LogP contribution is -2.23. The van der Waals surface area contributed by atoms with Gasteiger partial charge in [0.15, 0.2) is 0 Å². The van der Waals surface area contributed by atoms with E-state index >= 15 is 0 Å². The monoisotopic (exact) mass is 233 g/mol. The highest BCUT2D eigenvalue weighted by atomic mass is 16.2. The van der Waals surface area contributed by atoms with Crippen molar-refractivity contribution in [1.29, 1.82) is 0 Å². The number of carbonyl (C=O) groups excluding carboxylic acids is 2. The number of nitrogens with one attached hydrogen (secondary N) is 1. The van der Waals surface area contributed by atoms with E-state index in [0.29, 0.717) is 0 Å². The maximum atomic E-state index is 11.6. The van der Waals surface area contributed by atoms with Crippen LogP contribution in [0.2, 0.25) is 0 Å². The molecule has 0 spiro atoms. The topological polar surface area (TPSA) is 46.2 Å². The summed E-state index contributed by atoms with van der Waals surface area (Å²) in [4.78, 5) is 23.0. The average molecular weight is 233 g/mol. The fourth-order valence-corrected chi connectivity index (χ4v) is 2.61. The molecule has 0 bridgehead atoms. The van der Waals surface area contributed by atoms with Crippen molar-refractivity contribution in [3.63, 3.8) is 0 Å². The van der Waals surface area contributed by atoms with Gasteiger partial charge in [-0.2, -0.15) is 0 Å².